The van der Waals surface area contributed by atoms with Crippen LogP contribution in [0.5, 0.6) is 0 Å². The van der Waals surface area contributed by atoms with Crippen molar-refractivity contribution < 1.29 is 17.9 Å². The van der Waals surface area contributed by atoms with E-state index in [9.17, 15) is 8.42 Å². The number of nitrogens with zero attached hydrogens (tertiary/aromatic N) is 3. The van der Waals surface area contributed by atoms with E-state index in [2.05, 4.69) is 15.2 Å². The third-order valence-corrected chi connectivity index (χ3v) is 6.67. The van der Waals surface area contributed by atoms with Crippen LogP contribution < -0.4 is 5.32 Å². The minimum Gasteiger partial charge on any atom is -0.382 e. The summed E-state index contributed by atoms with van der Waals surface area (Å²) in [5.74, 6) is 1.23. The largest absolute Gasteiger partial charge is 0.382 e. The van der Waals surface area contributed by atoms with Gasteiger partial charge in [0.15, 0.2) is 5.96 Å². The molecule has 0 aromatic heterocycles. The molecule has 1 aliphatic rings. The van der Waals surface area contributed by atoms with Crippen molar-refractivity contribution in [1.29, 1.82) is 0 Å². The molecule has 1 fully saturated rings. The number of hydrogen-bond acceptors (Lipinski definition) is 5. The number of guanidine groups is 1. The first-order chi connectivity index (χ1) is 13.4. The molecule has 0 saturated carbocycles. The normalized spacial score (nSPS) is 17.5. The van der Waals surface area contributed by atoms with Crippen LogP contribution in [-0.4, -0.2) is 84.7 Å². The lowest BCUT2D eigenvalue weighted by atomic mass is 10.1. The van der Waals surface area contributed by atoms with Crippen molar-refractivity contribution in [3.63, 3.8) is 0 Å². The van der Waals surface area contributed by atoms with Crippen LogP contribution in [0.2, 0.25) is 0 Å². The van der Waals surface area contributed by atoms with Gasteiger partial charge in [-0.05, 0) is 18.1 Å². The number of likely N-dealkylation sites (tertiary alicyclic amines) is 1. The lowest BCUT2D eigenvalue weighted by Gasteiger charge is -2.22. The van der Waals surface area contributed by atoms with Crippen molar-refractivity contribution in [3.8, 4) is 0 Å². The van der Waals surface area contributed by atoms with Crippen molar-refractivity contribution >= 4 is 40.0 Å². The number of hydrogen-bond donors (Lipinski definition) is 1. The Labute approximate surface area is 191 Å². The number of sulfonamides is 1. The highest BCUT2D eigenvalue weighted by Crippen LogP contribution is 2.19. The quantitative estimate of drug-likeness (QED) is 0.222. The summed E-state index contributed by atoms with van der Waals surface area (Å²) in [5.41, 5.74) is 0.719. The van der Waals surface area contributed by atoms with E-state index in [-0.39, 0.29) is 24.0 Å². The molecule has 1 unspecified atom stereocenters. The number of halogens is 1. The Morgan fingerprint density at radius 2 is 2.03 bits per heavy atom. The molecule has 29 heavy (non-hydrogen) atoms. The fourth-order valence-electron chi connectivity index (χ4n) is 3.16. The Bertz CT molecular complexity index is 758. The third-order valence-electron chi connectivity index (χ3n) is 4.75. The van der Waals surface area contributed by atoms with E-state index in [1.807, 2.05) is 12.1 Å². The van der Waals surface area contributed by atoms with E-state index in [4.69, 9.17) is 9.47 Å². The number of rotatable bonds is 9. The fraction of sp³-hybridized carbons (Fsp3) is 0.632. The fourth-order valence-corrected chi connectivity index (χ4v) is 4.27. The second-order valence-corrected chi connectivity index (χ2v) is 9.08. The molecular weight excluding hydrogens is 507 g/mol. The zero-order chi connectivity index (χ0) is 20.6. The van der Waals surface area contributed by atoms with E-state index in [1.165, 1.54) is 18.4 Å². The molecule has 1 heterocycles. The summed E-state index contributed by atoms with van der Waals surface area (Å²) in [6, 6.07) is 7.05. The van der Waals surface area contributed by atoms with Gasteiger partial charge in [0.05, 0.1) is 24.7 Å². The van der Waals surface area contributed by atoms with Crippen LogP contribution in [0.15, 0.2) is 34.2 Å². The van der Waals surface area contributed by atoms with Gasteiger partial charge in [-0.3, -0.25) is 4.99 Å². The highest BCUT2D eigenvalue weighted by molar-refractivity contribution is 14.0. The molecule has 1 atom stereocenters. The molecule has 1 aromatic rings. The molecule has 8 nitrogen and oxygen atoms in total. The smallest absolute Gasteiger partial charge is 0.242 e. The van der Waals surface area contributed by atoms with Crippen molar-refractivity contribution in [1.82, 2.24) is 14.5 Å². The van der Waals surface area contributed by atoms with Gasteiger partial charge >= 0.3 is 0 Å². The minimum atomic E-state index is -3.49. The summed E-state index contributed by atoms with van der Waals surface area (Å²) < 4.78 is 37.0. The Morgan fingerprint density at radius 3 is 2.69 bits per heavy atom. The Kier molecular flexibility index (Phi) is 11.4. The van der Waals surface area contributed by atoms with Crippen molar-refractivity contribution in [2.75, 3.05) is 61.2 Å². The third kappa shape index (κ3) is 7.35. The van der Waals surface area contributed by atoms with Crippen LogP contribution in [0, 0.1) is 5.92 Å². The molecule has 2 rings (SSSR count). The van der Waals surface area contributed by atoms with E-state index in [0.717, 1.165) is 31.0 Å². The standard InChI is InChI=1S/C19H32N4O4S.HI/c1-20-19(23-10-9-16(14-23)15-27-12-11-26-4)21-13-17-7-5-6-8-18(17)28(24,25)22(2)3;/h5-8,16H,9-15H2,1-4H3,(H,20,21);1H. The summed E-state index contributed by atoms with van der Waals surface area (Å²) in [6.45, 7) is 4.08. The lowest BCUT2D eigenvalue weighted by Crippen LogP contribution is -2.40. The minimum absolute atomic E-state index is 0. The molecule has 1 saturated heterocycles. The Morgan fingerprint density at radius 1 is 1.31 bits per heavy atom. The van der Waals surface area contributed by atoms with E-state index in [1.54, 1.807) is 26.3 Å². The van der Waals surface area contributed by atoms with Crippen LogP contribution >= 0.6 is 24.0 Å². The van der Waals surface area contributed by atoms with Crippen molar-refractivity contribution in [3.05, 3.63) is 29.8 Å². The van der Waals surface area contributed by atoms with Crippen LogP contribution in [0.1, 0.15) is 12.0 Å². The van der Waals surface area contributed by atoms with Gasteiger partial charge in [-0.2, -0.15) is 0 Å². The van der Waals surface area contributed by atoms with Crippen LogP contribution in [0.25, 0.3) is 0 Å². The van der Waals surface area contributed by atoms with Crippen molar-refractivity contribution in [2.24, 2.45) is 10.9 Å². The topological polar surface area (TPSA) is 83.5 Å². The molecule has 0 amide bonds. The first kappa shape index (κ1) is 26.1. The molecule has 1 N–H and O–H groups in total. The van der Waals surface area contributed by atoms with E-state index < -0.39 is 10.0 Å². The summed E-state index contributed by atoms with van der Waals surface area (Å²) in [5, 5.41) is 3.31. The molecule has 166 valence electrons. The van der Waals surface area contributed by atoms with Gasteiger partial charge in [0.2, 0.25) is 10.0 Å². The zero-order valence-corrected chi connectivity index (χ0v) is 20.8. The molecule has 10 heteroatoms. The van der Waals surface area contributed by atoms with Crippen LogP contribution in [-0.2, 0) is 26.0 Å². The maximum absolute atomic E-state index is 12.5. The molecule has 0 bridgehead atoms. The number of aliphatic imine (C=N–C) groups is 1. The number of methoxy groups -OCH3 is 1. The molecule has 0 aliphatic carbocycles. The molecular formula is C19H33IN4O4S. The number of nitrogens with one attached hydrogen (secondary N) is 1. The molecule has 1 aromatic carbocycles. The van der Waals surface area contributed by atoms with Gasteiger partial charge in [0.25, 0.3) is 0 Å². The predicted molar refractivity (Wildman–Crippen MR) is 125 cm³/mol. The first-order valence-corrected chi connectivity index (χ1v) is 10.9. The maximum atomic E-state index is 12.5. The molecule has 0 spiro atoms. The Hall–Kier alpha value is -0.950. The summed E-state index contributed by atoms with van der Waals surface area (Å²) in [4.78, 5) is 6.87. The lowest BCUT2D eigenvalue weighted by molar-refractivity contribution is 0.0536. The average molecular weight is 540 g/mol. The highest BCUT2D eigenvalue weighted by Gasteiger charge is 2.26. The number of ether oxygens (including phenoxy) is 2. The van der Waals surface area contributed by atoms with Gasteiger partial charge in [-0.25, -0.2) is 12.7 Å². The van der Waals surface area contributed by atoms with Gasteiger partial charge in [-0.15, -0.1) is 24.0 Å². The van der Waals surface area contributed by atoms with Crippen LogP contribution in [0.3, 0.4) is 0 Å². The second-order valence-electron chi connectivity index (χ2n) is 6.96. The predicted octanol–water partition coefficient (Wildman–Crippen LogP) is 1.62. The van der Waals surface area contributed by atoms with Crippen molar-refractivity contribution in [2.45, 2.75) is 17.9 Å². The number of benzene rings is 1. The average Bonchev–Trinajstić information content (AvgIpc) is 3.14. The first-order valence-electron chi connectivity index (χ1n) is 9.42. The van der Waals surface area contributed by atoms with Gasteiger partial charge in [-0.1, -0.05) is 18.2 Å². The SMILES string of the molecule is CN=C(NCc1ccccc1S(=O)(=O)N(C)C)N1CCC(COCCOC)C1.I. The maximum Gasteiger partial charge on any atom is 0.242 e. The molecule has 1 aliphatic heterocycles. The van der Waals surface area contributed by atoms with E-state index >= 15 is 0 Å². The summed E-state index contributed by atoms with van der Waals surface area (Å²) in [6.07, 6.45) is 1.04. The van der Waals surface area contributed by atoms with E-state index in [0.29, 0.717) is 37.2 Å². The molecule has 0 radical (unpaired) electrons. The van der Waals surface area contributed by atoms with Crippen LogP contribution in [0.4, 0.5) is 0 Å². The summed E-state index contributed by atoms with van der Waals surface area (Å²) in [7, 11) is 2.99. The second kappa shape index (κ2) is 12.7. The van der Waals surface area contributed by atoms with Gasteiger partial charge in [0, 0.05) is 53.8 Å². The Balaban J connectivity index is 0.00000420. The zero-order valence-electron chi connectivity index (χ0n) is 17.6. The highest BCUT2D eigenvalue weighted by atomic mass is 127. The summed E-state index contributed by atoms with van der Waals surface area (Å²) >= 11 is 0. The van der Waals surface area contributed by atoms with Gasteiger partial charge in [0.1, 0.15) is 0 Å². The monoisotopic (exact) mass is 540 g/mol. The van der Waals surface area contributed by atoms with Gasteiger partial charge < -0.3 is 19.7 Å².